The summed E-state index contributed by atoms with van der Waals surface area (Å²) in [7, 11) is -3.44. The van der Waals surface area contributed by atoms with Crippen LogP contribution in [-0.2, 0) is 9.84 Å². The van der Waals surface area contributed by atoms with Gasteiger partial charge >= 0.3 is 0 Å². The SMILES string of the molecule is CS(=O)(=O)c1ncc(-c2nc(-c3ccccc3)cs2)nn1. The lowest BCUT2D eigenvalue weighted by Gasteiger charge is -1.97. The number of thiazole rings is 1. The van der Waals surface area contributed by atoms with E-state index >= 15 is 0 Å². The van der Waals surface area contributed by atoms with Gasteiger partial charge in [-0.05, 0) is 0 Å². The van der Waals surface area contributed by atoms with Crippen LogP contribution >= 0.6 is 11.3 Å². The van der Waals surface area contributed by atoms with Gasteiger partial charge in [0.05, 0.1) is 11.9 Å². The number of aromatic nitrogens is 4. The van der Waals surface area contributed by atoms with E-state index < -0.39 is 9.84 Å². The highest BCUT2D eigenvalue weighted by atomic mass is 32.2. The number of benzene rings is 1. The third-order valence-electron chi connectivity index (χ3n) is 2.67. The zero-order valence-electron chi connectivity index (χ0n) is 11.0. The zero-order valence-corrected chi connectivity index (χ0v) is 12.6. The first-order valence-electron chi connectivity index (χ1n) is 5.95. The van der Waals surface area contributed by atoms with Crippen LogP contribution in [-0.4, -0.2) is 34.8 Å². The van der Waals surface area contributed by atoms with Gasteiger partial charge in [0, 0.05) is 17.2 Å². The van der Waals surface area contributed by atoms with E-state index in [1.54, 1.807) is 0 Å². The molecule has 0 saturated carbocycles. The Labute approximate surface area is 125 Å². The summed E-state index contributed by atoms with van der Waals surface area (Å²) in [5.41, 5.74) is 2.30. The van der Waals surface area contributed by atoms with Gasteiger partial charge < -0.3 is 0 Å². The Bertz CT molecular complexity index is 859. The number of nitrogens with zero attached hydrogens (tertiary/aromatic N) is 4. The number of sulfone groups is 1. The third-order valence-corrected chi connectivity index (χ3v) is 4.38. The minimum atomic E-state index is -3.44. The van der Waals surface area contributed by atoms with Crippen molar-refractivity contribution in [3.8, 4) is 22.0 Å². The van der Waals surface area contributed by atoms with Gasteiger partial charge in [0.25, 0.3) is 5.16 Å². The summed E-state index contributed by atoms with van der Waals surface area (Å²) in [4.78, 5) is 8.28. The van der Waals surface area contributed by atoms with Crippen molar-refractivity contribution in [3.05, 3.63) is 41.9 Å². The van der Waals surface area contributed by atoms with Gasteiger partial charge in [-0.15, -0.1) is 21.5 Å². The van der Waals surface area contributed by atoms with Crippen LogP contribution in [0.15, 0.2) is 47.1 Å². The quantitative estimate of drug-likeness (QED) is 0.735. The van der Waals surface area contributed by atoms with Crippen molar-refractivity contribution in [1.29, 1.82) is 0 Å². The number of hydrogen-bond acceptors (Lipinski definition) is 7. The first-order valence-corrected chi connectivity index (χ1v) is 8.72. The average molecular weight is 318 g/mol. The molecule has 0 N–H and O–H groups in total. The standard InChI is InChI=1S/C13H10N4O2S2/c1-21(18,19)13-14-7-10(16-17-13)12-15-11(8-20-12)9-5-3-2-4-6-9/h2-8H,1H3. The molecule has 21 heavy (non-hydrogen) atoms. The molecule has 3 rings (SSSR count). The molecule has 0 radical (unpaired) electrons. The van der Waals surface area contributed by atoms with E-state index in [0.717, 1.165) is 17.5 Å². The molecular weight excluding hydrogens is 308 g/mol. The Morgan fingerprint density at radius 1 is 1.05 bits per heavy atom. The summed E-state index contributed by atoms with van der Waals surface area (Å²) in [6.45, 7) is 0. The van der Waals surface area contributed by atoms with Crippen LogP contribution in [0.4, 0.5) is 0 Å². The van der Waals surface area contributed by atoms with Crippen LogP contribution < -0.4 is 0 Å². The van der Waals surface area contributed by atoms with Crippen molar-refractivity contribution in [2.75, 3.05) is 6.26 Å². The van der Waals surface area contributed by atoms with Crippen molar-refractivity contribution in [3.63, 3.8) is 0 Å². The maximum absolute atomic E-state index is 11.3. The molecule has 8 heteroatoms. The fourth-order valence-corrected chi connectivity index (χ4v) is 2.88. The normalized spacial score (nSPS) is 11.5. The molecule has 0 saturated heterocycles. The maximum Gasteiger partial charge on any atom is 0.267 e. The monoisotopic (exact) mass is 318 g/mol. The zero-order chi connectivity index (χ0) is 14.9. The molecule has 0 spiro atoms. The second kappa shape index (κ2) is 5.30. The summed E-state index contributed by atoms with van der Waals surface area (Å²) < 4.78 is 22.6. The van der Waals surface area contributed by atoms with Crippen LogP contribution in [0, 0.1) is 0 Å². The number of rotatable bonds is 3. The molecule has 0 aliphatic carbocycles. The molecule has 1 aromatic carbocycles. The topological polar surface area (TPSA) is 85.7 Å². The van der Waals surface area contributed by atoms with E-state index in [9.17, 15) is 8.42 Å². The number of hydrogen-bond donors (Lipinski definition) is 0. The highest BCUT2D eigenvalue weighted by Crippen LogP contribution is 2.27. The van der Waals surface area contributed by atoms with Gasteiger partial charge in [0.15, 0.2) is 0 Å². The fourth-order valence-electron chi connectivity index (χ4n) is 1.67. The molecule has 0 atom stereocenters. The second-order valence-corrected chi connectivity index (χ2v) is 7.07. The molecule has 0 bridgehead atoms. The Kier molecular flexibility index (Phi) is 3.48. The Morgan fingerprint density at radius 2 is 1.81 bits per heavy atom. The molecule has 2 aromatic heterocycles. The maximum atomic E-state index is 11.3. The average Bonchev–Trinajstić information content (AvgIpc) is 2.97. The molecule has 0 unspecified atom stereocenters. The van der Waals surface area contributed by atoms with E-state index in [4.69, 9.17) is 0 Å². The smallest absolute Gasteiger partial charge is 0.234 e. The summed E-state index contributed by atoms with van der Waals surface area (Å²) in [6, 6.07) is 9.76. The Morgan fingerprint density at radius 3 is 2.43 bits per heavy atom. The molecule has 0 fully saturated rings. The first-order chi connectivity index (χ1) is 10.0. The molecule has 106 valence electrons. The summed E-state index contributed by atoms with van der Waals surface area (Å²) in [5.74, 6) is 0. The first kappa shape index (κ1) is 13.8. The van der Waals surface area contributed by atoms with Crippen molar-refractivity contribution in [1.82, 2.24) is 20.2 Å². The van der Waals surface area contributed by atoms with E-state index in [0.29, 0.717) is 10.7 Å². The van der Waals surface area contributed by atoms with Crippen LogP contribution in [0.3, 0.4) is 0 Å². The summed E-state index contributed by atoms with van der Waals surface area (Å²) in [5, 5.41) is 9.78. The van der Waals surface area contributed by atoms with Crippen LogP contribution in [0.5, 0.6) is 0 Å². The van der Waals surface area contributed by atoms with Crippen molar-refractivity contribution < 1.29 is 8.42 Å². The Hall–Kier alpha value is -2.19. The van der Waals surface area contributed by atoms with Crippen LogP contribution in [0.1, 0.15) is 0 Å². The third kappa shape index (κ3) is 2.96. The molecular formula is C13H10N4O2S2. The van der Waals surface area contributed by atoms with Gasteiger partial charge in [-0.25, -0.2) is 18.4 Å². The highest BCUT2D eigenvalue weighted by Gasteiger charge is 2.13. The van der Waals surface area contributed by atoms with Gasteiger partial charge in [0.1, 0.15) is 10.7 Å². The Balaban J connectivity index is 1.94. The van der Waals surface area contributed by atoms with E-state index in [2.05, 4.69) is 20.2 Å². The largest absolute Gasteiger partial charge is 0.267 e. The van der Waals surface area contributed by atoms with E-state index in [1.807, 2.05) is 35.7 Å². The highest BCUT2D eigenvalue weighted by molar-refractivity contribution is 7.90. The molecule has 3 aromatic rings. The molecule has 0 amide bonds. The summed E-state index contributed by atoms with van der Waals surface area (Å²) in [6.07, 6.45) is 2.41. The molecule has 2 heterocycles. The molecule has 0 aliphatic rings. The van der Waals surface area contributed by atoms with Gasteiger partial charge in [0.2, 0.25) is 9.84 Å². The van der Waals surface area contributed by atoms with E-state index in [-0.39, 0.29) is 5.16 Å². The minimum absolute atomic E-state index is 0.286. The second-order valence-electron chi connectivity index (χ2n) is 4.30. The summed E-state index contributed by atoms with van der Waals surface area (Å²) >= 11 is 1.41. The van der Waals surface area contributed by atoms with Gasteiger partial charge in [-0.3, -0.25) is 0 Å². The van der Waals surface area contributed by atoms with Gasteiger partial charge in [-0.2, -0.15) is 0 Å². The predicted molar refractivity (Wildman–Crippen MR) is 79.5 cm³/mol. The molecule has 6 nitrogen and oxygen atoms in total. The predicted octanol–water partition coefficient (Wildman–Crippen LogP) is 2.07. The lowest BCUT2D eigenvalue weighted by molar-refractivity contribution is 0.589. The van der Waals surface area contributed by atoms with E-state index in [1.165, 1.54) is 17.5 Å². The molecule has 0 aliphatic heterocycles. The lowest BCUT2D eigenvalue weighted by Crippen LogP contribution is -2.05. The van der Waals surface area contributed by atoms with Crippen LogP contribution in [0.25, 0.3) is 22.0 Å². The minimum Gasteiger partial charge on any atom is -0.234 e. The van der Waals surface area contributed by atoms with Gasteiger partial charge in [-0.1, -0.05) is 30.3 Å². The van der Waals surface area contributed by atoms with Crippen molar-refractivity contribution >= 4 is 21.2 Å². The fraction of sp³-hybridized carbons (Fsp3) is 0.0769. The van der Waals surface area contributed by atoms with Crippen molar-refractivity contribution in [2.45, 2.75) is 5.16 Å². The lowest BCUT2D eigenvalue weighted by atomic mass is 10.2. The van der Waals surface area contributed by atoms with Crippen molar-refractivity contribution in [2.24, 2.45) is 0 Å². The van der Waals surface area contributed by atoms with Crippen LogP contribution in [0.2, 0.25) is 0 Å².